The van der Waals surface area contributed by atoms with Crippen molar-refractivity contribution in [3.05, 3.63) is 81.4 Å². The van der Waals surface area contributed by atoms with Crippen LogP contribution in [0, 0.1) is 10.1 Å². The third kappa shape index (κ3) is 5.51. The van der Waals surface area contributed by atoms with E-state index in [1.54, 1.807) is 31.2 Å². The van der Waals surface area contributed by atoms with Gasteiger partial charge >= 0.3 is 0 Å². The number of aromatic hydroxyl groups is 1. The zero-order valence-electron chi connectivity index (χ0n) is 17.4. The number of methoxy groups -OCH3 is 1. The SMILES string of the molecule is COc1ccc(C(C)=NNc2ccc([N+](=O)[O-])cc2S(=O)(=O)Nc2ccccc2Cl)c(O)c1. The Bertz CT molecular complexity index is 1340. The fourth-order valence-electron chi connectivity index (χ4n) is 2.83. The van der Waals surface area contributed by atoms with Crippen LogP contribution in [0.3, 0.4) is 0 Å². The van der Waals surface area contributed by atoms with Crippen molar-refractivity contribution in [2.75, 3.05) is 17.3 Å². The molecule has 12 heteroatoms. The van der Waals surface area contributed by atoms with Gasteiger partial charge in [0.25, 0.3) is 15.7 Å². The van der Waals surface area contributed by atoms with Gasteiger partial charge in [-0.05, 0) is 37.3 Å². The molecule has 10 nitrogen and oxygen atoms in total. The van der Waals surface area contributed by atoms with E-state index in [9.17, 15) is 23.6 Å². The van der Waals surface area contributed by atoms with E-state index in [0.717, 1.165) is 12.1 Å². The number of phenolic OH excluding ortho intramolecular Hbond substituents is 1. The molecule has 0 aliphatic heterocycles. The van der Waals surface area contributed by atoms with Crippen molar-refractivity contribution in [1.82, 2.24) is 0 Å². The van der Waals surface area contributed by atoms with Crippen LogP contribution in [-0.4, -0.2) is 31.3 Å². The molecule has 0 saturated heterocycles. The van der Waals surface area contributed by atoms with Crippen LogP contribution >= 0.6 is 11.6 Å². The van der Waals surface area contributed by atoms with Gasteiger partial charge in [0.1, 0.15) is 16.4 Å². The number of hydrogen-bond acceptors (Lipinski definition) is 8. The summed E-state index contributed by atoms with van der Waals surface area (Å²) in [6.45, 7) is 1.59. The lowest BCUT2D eigenvalue weighted by molar-refractivity contribution is -0.385. The standard InChI is InChI=1S/C21H19ClN4O6S/c1-13(16-9-8-15(32-2)12-20(16)27)23-24-19-10-7-14(26(28)29)11-21(19)33(30,31)25-18-6-4-3-5-17(18)22/h3-12,24-25,27H,1-2H3. The molecule has 0 spiro atoms. The van der Waals surface area contributed by atoms with Crippen molar-refractivity contribution in [3.63, 3.8) is 0 Å². The van der Waals surface area contributed by atoms with Gasteiger partial charge in [-0.25, -0.2) is 8.42 Å². The Labute approximate surface area is 194 Å². The highest BCUT2D eigenvalue weighted by Gasteiger charge is 2.23. The summed E-state index contributed by atoms with van der Waals surface area (Å²) < 4.78 is 33.5. The number of hydrazone groups is 1. The van der Waals surface area contributed by atoms with Gasteiger partial charge in [0.15, 0.2) is 0 Å². The lowest BCUT2D eigenvalue weighted by Crippen LogP contribution is -2.15. The Morgan fingerprint density at radius 1 is 1.12 bits per heavy atom. The second kappa shape index (κ2) is 9.76. The second-order valence-corrected chi connectivity index (χ2v) is 8.77. The minimum absolute atomic E-state index is 0.0208. The highest BCUT2D eigenvalue weighted by molar-refractivity contribution is 7.93. The Morgan fingerprint density at radius 2 is 1.85 bits per heavy atom. The first-order valence-corrected chi connectivity index (χ1v) is 11.2. The van der Waals surface area contributed by atoms with E-state index in [1.807, 2.05) is 0 Å². The summed E-state index contributed by atoms with van der Waals surface area (Å²) in [5.41, 5.74) is 2.99. The van der Waals surface area contributed by atoms with E-state index < -0.39 is 25.5 Å². The van der Waals surface area contributed by atoms with Crippen LogP contribution in [-0.2, 0) is 10.0 Å². The van der Waals surface area contributed by atoms with Crippen molar-refractivity contribution >= 4 is 44.4 Å². The fourth-order valence-corrected chi connectivity index (χ4v) is 4.33. The molecule has 0 heterocycles. The fraction of sp³-hybridized carbons (Fsp3) is 0.0952. The monoisotopic (exact) mass is 490 g/mol. The molecule has 172 valence electrons. The molecule has 0 fully saturated rings. The third-order valence-corrected chi connectivity index (χ3v) is 6.26. The predicted octanol–water partition coefficient (Wildman–Crippen LogP) is 4.60. The number of nitro benzene ring substituents is 1. The molecular formula is C21H19ClN4O6S. The summed E-state index contributed by atoms with van der Waals surface area (Å²) in [6.07, 6.45) is 0. The smallest absolute Gasteiger partial charge is 0.270 e. The van der Waals surface area contributed by atoms with Gasteiger partial charge in [0.2, 0.25) is 0 Å². The van der Waals surface area contributed by atoms with Crippen molar-refractivity contribution in [3.8, 4) is 11.5 Å². The Hall–Kier alpha value is -3.83. The molecule has 0 unspecified atom stereocenters. The zero-order valence-corrected chi connectivity index (χ0v) is 19.0. The van der Waals surface area contributed by atoms with Crippen molar-refractivity contribution in [1.29, 1.82) is 0 Å². The van der Waals surface area contributed by atoms with Crippen LogP contribution in [0.2, 0.25) is 5.02 Å². The van der Waals surface area contributed by atoms with E-state index in [2.05, 4.69) is 15.2 Å². The molecule has 3 rings (SSSR count). The number of phenols is 1. The summed E-state index contributed by atoms with van der Waals surface area (Å²) in [4.78, 5) is 10.1. The highest BCUT2D eigenvalue weighted by atomic mass is 35.5. The van der Waals surface area contributed by atoms with Crippen LogP contribution < -0.4 is 14.9 Å². The molecule has 3 aromatic rings. The second-order valence-electron chi connectivity index (χ2n) is 6.72. The van der Waals surface area contributed by atoms with Gasteiger partial charge in [-0.2, -0.15) is 5.10 Å². The highest BCUT2D eigenvalue weighted by Crippen LogP contribution is 2.31. The number of ether oxygens (including phenoxy) is 1. The molecule has 0 bridgehead atoms. The maximum absolute atomic E-state index is 13.1. The quantitative estimate of drug-likeness (QED) is 0.238. The molecule has 3 aromatic carbocycles. The topological polar surface area (TPSA) is 143 Å². The number of para-hydroxylation sites is 1. The number of nitrogens with one attached hydrogen (secondary N) is 2. The summed E-state index contributed by atoms with van der Waals surface area (Å²) in [5, 5.41) is 25.7. The van der Waals surface area contributed by atoms with Crippen molar-refractivity contribution in [2.24, 2.45) is 5.10 Å². The largest absolute Gasteiger partial charge is 0.507 e. The number of halogens is 1. The molecule has 0 aliphatic carbocycles. The van der Waals surface area contributed by atoms with E-state index >= 15 is 0 Å². The number of nitrogens with zero attached hydrogens (tertiary/aromatic N) is 2. The van der Waals surface area contributed by atoms with Gasteiger partial charge in [0, 0.05) is 23.8 Å². The maximum Gasteiger partial charge on any atom is 0.270 e. The number of nitro groups is 1. The molecule has 3 N–H and O–H groups in total. The lowest BCUT2D eigenvalue weighted by atomic mass is 10.1. The number of non-ortho nitro benzene ring substituents is 1. The Morgan fingerprint density at radius 3 is 2.48 bits per heavy atom. The van der Waals surface area contributed by atoms with Gasteiger partial charge in [-0.15, -0.1) is 0 Å². The first kappa shape index (κ1) is 23.8. The van der Waals surface area contributed by atoms with E-state index in [1.165, 1.54) is 31.4 Å². The van der Waals surface area contributed by atoms with Gasteiger partial charge < -0.3 is 9.84 Å². The first-order valence-electron chi connectivity index (χ1n) is 9.36. The van der Waals surface area contributed by atoms with E-state index in [0.29, 0.717) is 17.0 Å². The Balaban J connectivity index is 1.99. The maximum atomic E-state index is 13.1. The van der Waals surface area contributed by atoms with Crippen LogP contribution in [0.25, 0.3) is 0 Å². The van der Waals surface area contributed by atoms with Crippen LogP contribution in [0.1, 0.15) is 12.5 Å². The lowest BCUT2D eigenvalue weighted by Gasteiger charge is -2.13. The van der Waals surface area contributed by atoms with Crippen LogP contribution in [0.5, 0.6) is 11.5 Å². The summed E-state index contributed by atoms with van der Waals surface area (Å²) in [7, 11) is -2.83. The third-order valence-electron chi connectivity index (χ3n) is 4.52. The molecule has 0 saturated carbocycles. The van der Waals surface area contributed by atoms with Crippen molar-refractivity contribution < 1.29 is 23.2 Å². The average Bonchev–Trinajstić information content (AvgIpc) is 2.78. The molecular weight excluding hydrogens is 472 g/mol. The number of benzene rings is 3. The zero-order chi connectivity index (χ0) is 24.2. The molecule has 0 aliphatic rings. The van der Waals surface area contributed by atoms with Crippen molar-refractivity contribution in [2.45, 2.75) is 11.8 Å². The number of rotatable bonds is 8. The predicted molar refractivity (Wildman–Crippen MR) is 126 cm³/mol. The van der Waals surface area contributed by atoms with Crippen LogP contribution in [0.4, 0.5) is 17.1 Å². The Kier molecular flexibility index (Phi) is 7.04. The van der Waals surface area contributed by atoms with Crippen LogP contribution in [0.15, 0.2) is 70.7 Å². The summed E-state index contributed by atoms with van der Waals surface area (Å²) in [6, 6.07) is 14.1. The summed E-state index contributed by atoms with van der Waals surface area (Å²) in [5.74, 6) is 0.362. The number of hydrogen-bond donors (Lipinski definition) is 3. The van der Waals surface area contributed by atoms with Gasteiger partial charge in [0.05, 0.1) is 34.1 Å². The average molecular weight is 491 g/mol. The van der Waals surface area contributed by atoms with E-state index in [-0.39, 0.29) is 22.1 Å². The molecule has 0 amide bonds. The normalized spacial score (nSPS) is 11.7. The minimum atomic E-state index is -4.29. The van der Waals surface area contributed by atoms with Gasteiger partial charge in [-0.3, -0.25) is 20.3 Å². The molecule has 0 radical (unpaired) electrons. The first-order chi connectivity index (χ1) is 15.6. The van der Waals surface area contributed by atoms with Gasteiger partial charge in [-0.1, -0.05) is 23.7 Å². The summed E-state index contributed by atoms with van der Waals surface area (Å²) >= 11 is 6.04. The molecule has 0 aromatic heterocycles. The minimum Gasteiger partial charge on any atom is -0.507 e. The van der Waals surface area contributed by atoms with E-state index in [4.69, 9.17) is 16.3 Å². The molecule has 33 heavy (non-hydrogen) atoms. The molecule has 0 atom stereocenters. The number of anilines is 2. The number of sulfonamides is 1.